The molecule has 3 nitrogen and oxygen atoms in total. The van der Waals surface area contributed by atoms with Crippen LogP contribution in [0.4, 0.5) is 0 Å². The highest BCUT2D eigenvalue weighted by Crippen LogP contribution is 2.23. The van der Waals surface area contributed by atoms with Crippen LogP contribution in [0.15, 0.2) is 35.5 Å². The summed E-state index contributed by atoms with van der Waals surface area (Å²) in [6.45, 7) is 2.28. The van der Waals surface area contributed by atoms with Crippen molar-refractivity contribution in [2.75, 3.05) is 5.75 Å². The lowest BCUT2D eigenvalue weighted by atomic mass is 10.1. The van der Waals surface area contributed by atoms with Crippen molar-refractivity contribution in [1.29, 1.82) is 0 Å². The molecule has 0 aliphatic carbocycles. The molecule has 4 heteroatoms. The summed E-state index contributed by atoms with van der Waals surface area (Å²) in [5.74, 6) is 2.09. The average Bonchev–Trinajstić information content (AvgIpc) is 3.01. The Balaban J connectivity index is 1.56. The third kappa shape index (κ3) is 7.23. The highest BCUT2D eigenvalue weighted by atomic mass is 32.2. The normalized spacial score (nSPS) is 11.1. The van der Waals surface area contributed by atoms with Crippen molar-refractivity contribution >= 4 is 11.8 Å². The molecule has 0 aliphatic rings. The molecule has 1 heterocycles. The lowest BCUT2D eigenvalue weighted by Gasteiger charge is -2.04. The molecule has 0 atom stereocenters. The Bertz CT molecular complexity index is 580. The molecular weight excluding hydrogens is 326 g/mol. The molecule has 0 spiro atoms. The molecule has 0 unspecified atom stereocenters. The number of benzene rings is 1. The number of unbranched alkanes of at least 4 members (excludes halogenated alkanes) is 9. The molecule has 0 bridgehead atoms. The predicted molar refractivity (Wildman–Crippen MR) is 109 cm³/mol. The summed E-state index contributed by atoms with van der Waals surface area (Å²) in [5, 5.41) is 9.72. The van der Waals surface area contributed by atoms with Crippen molar-refractivity contribution in [3.8, 4) is 11.4 Å². The van der Waals surface area contributed by atoms with Gasteiger partial charge < -0.3 is 4.57 Å². The lowest BCUT2D eigenvalue weighted by molar-refractivity contribution is 0.563. The van der Waals surface area contributed by atoms with Gasteiger partial charge in [0.2, 0.25) is 0 Å². The third-order valence-electron chi connectivity index (χ3n) is 4.60. The van der Waals surface area contributed by atoms with Gasteiger partial charge in [0, 0.05) is 18.4 Å². The average molecular weight is 360 g/mol. The summed E-state index contributed by atoms with van der Waals surface area (Å²) >= 11 is 1.83. The summed E-state index contributed by atoms with van der Waals surface area (Å²) in [6.07, 6.45) is 13.8. The van der Waals surface area contributed by atoms with Crippen molar-refractivity contribution in [1.82, 2.24) is 14.8 Å². The second kappa shape index (κ2) is 12.1. The molecule has 0 saturated heterocycles. The Hall–Kier alpha value is -1.29. The quantitative estimate of drug-likeness (QED) is 0.302. The first-order valence-corrected chi connectivity index (χ1v) is 10.9. The van der Waals surface area contributed by atoms with Crippen LogP contribution in [-0.2, 0) is 7.05 Å². The van der Waals surface area contributed by atoms with E-state index in [1.807, 2.05) is 30.0 Å². The first kappa shape index (κ1) is 20.0. The Labute approximate surface area is 157 Å². The van der Waals surface area contributed by atoms with Crippen LogP contribution in [0.5, 0.6) is 0 Å². The van der Waals surface area contributed by atoms with E-state index in [4.69, 9.17) is 0 Å². The van der Waals surface area contributed by atoms with E-state index in [-0.39, 0.29) is 0 Å². The first-order valence-electron chi connectivity index (χ1n) is 9.90. The molecule has 2 aromatic rings. The highest BCUT2D eigenvalue weighted by molar-refractivity contribution is 7.99. The van der Waals surface area contributed by atoms with E-state index in [1.165, 1.54) is 64.2 Å². The molecule has 0 N–H and O–H groups in total. The summed E-state index contributed by atoms with van der Waals surface area (Å²) in [5.41, 5.74) is 1.13. The molecular formula is C21H33N3S. The maximum Gasteiger partial charge on any atom is 0.191 e. The smallest absolute Gasteiger partial charge is 0.191 e. The van der Waals surface area contributed by atoms with Crippen LogP contribution < -0.4 is 0 Å². The molecule has 138 valence electrons. The fourth-order valence-electron chi connectivity index (χ4n) is 3.03. The second-order valence-corrected chi connectivity index (χ2v) is 7.82. The Morgan fingerprint density at radius 3 is 2.04 bits per heavy atom. The minimum absolute atomic E-state index is 0.950. The van der Waals surface area contributed by atoms with Crippen molar-refractivity contribution in [2.45, 2.75) is 76.3 Å². The largest absolute Gasteiger partial charge is 0.305 e. The summed E-state index contributed by atoms with van der Waals surface area (Å²) in [7, 11) is 2.06. The van der Waals surface area contributed by atoms with Crippen LogP contribution in [0.2, 0.25) is 0 Å². The molecule has 0 radical (unpaired) electrons. The summed E-state index contributed by atoms with van der Waals surface area (Å²) < 4.78 is 2.11. The molecule has 0 saturated carbocycles. The van der Waals surface area contributed by atoms with Gasteiger partial charge in [0.1, 0.15) is 0 Å². The van der Waals surface area contributed by atoms with Gasteiger partial charge in [0.25, 0.3) is 0 Å². The lowest BCUT2D eigenvalue weighted by Crippen LogP contribution is -1.95. The molecule has 0 aliphatic heterocycles. The van der Waals surface area contributed by atoms with E-state index in [1.54, 1.807) is 0 Å². The summed E-state index contributed by atoms with van der Waals surface area (Å²) in [4.78, 5) is 0. The van der Waals surface area contributed by atoms with Crippen molar-refractivity contribution in [3.05, 3.63) is 30.3 Å². The van der Waals surface area contributed by atoms with Crippen LogP contribution in [0.25, 0.3) is 11.4 Å². The molecule has 1 aromatic heterocycles. The standard InChI is InChI=1S/C21H33N3S/c1-3-4-5-6-7-8-9-10-11-15-18-25-21-23-22-20(24(21)2)19-16-13-12-14-17-19/h12-14,16-17H,3-11,15,18H2,1-2H3. The molecule has 0 amide bonds. The fraction of sp³-hybridized carbons (Fsp3) is 0.619. The second-order valence-electron chi connectivity index (χ2n) is 6.76. The monoisotopic (exact) mass is 359 g/mol. The maximum atomic E-state index is 4.35. The van der Waals surface area contributed by atoms with E-state index in [0.29, 0.717) is 0 Å². The maximum absolute atomic E-state index is 4.35. The fourth-order valence-corrected chi connectivity index (χ4v) is 3.94. The van der Waals surface area contributed by atoms with Gasteiger partial charge in [-0.25, -0.2) is 0 Å². The zero-order valence-electron chi connectivity index (χ0n) is 15.9. The van der Waals surface area contributed by atoms with E-state index in [2.05, 4.69) is 40.9 Å². The van der Waals surface area contributed by atoms with Crippen LogP contribution in [0.1, 0.15) is 71.1 Å². The molecule has 1 aromatic carbocycles. The van der Waals surface area contributed by atoms with Crippen molar-refractivity contribution < 1.29 is 0 Å². The van der Waals surface area contributed by atoms with Crippen LogP contribution in [-0.4, -0.2) is 20.5 Å². The van der Waals surface area contributed by atoms with Gasteiger partial charge in [0.05, 0.1) is 0 Å². The predicted octanol–water partition coefficient (Wildman–Crippen LogP) is 6.50. The number of rotatable bonds is 13. The summed E-state index contributed by atoms with van der Waals surface area (Å²) in [6, 6.07) is 10.3. The number of nitrogens with zero attached hydrogens (tertiary/aromatic N) is 3. The molecule has 2 rings (SSSR count). The number of thioether (sulfide) groups is 1. The van der Waals surface area contributed by atoms with Gasteiger partial charge in [-0.2, -0.15) is 0 Å². The Morgan fingerprint density at radius 2 is 1.40 bits per heavy atom. The van der Waals surface area contributed by atoms with Gasteiger partial charge in [0.15, 0.2) is 11.0 Å². The van der Waals surface area contributed by atoms with Gasteiger partial charge in [-0.1, -0.05) is 107 Å². The van der Waals surface area contributed by atoms with E-state index >= 15 is 0 Å². The van der Waals surface area contributed by atoms with E-state index in [0.717, 1.165) is 22.3 Å². The van der Waals surface area contributed by atoms with Crippen molar-refractivity contribution in [2.24, 2.45) is 7.05 Å². The number of aromatic nitrogens is 3. The Morgan fingerprint density at radius 1 is 0.800 bits per heavy atom. The zero-order valence-corrected chi connectivity index (χ0v) is 16.7. The van der Waals surface area contributed by atoms with Gasteiger partial charge in [-0.05, 0) is 6.42 Å². The minimum Gasteiger partial charge on any atom is -0.305 e. The molecule has 0 fully saturated rings. The van der Waals surface area contributed by atoms with E-state index in [9.17, 15) is 0 Å². The molecule has 25 heavy (non-hydrogen) atoms. The zero-order chi connectivity index (χ0) is 17.7. The van der Waals surface area contributed by atoms with Gasteiger partial charge >= 0.3 is 0 Å². The van der Waals surface area contributed by atoms with Gasteiger partial charge in [-0.3, -0.25) is 0 Å². The van der Waals surface area contributed by atoms with Gasteiger partial charge in [-0.15, -0.1) is 10.2 Å². The van der Waals surface area contributed by atoms with Crippen LogP contribution >= 0.6 is 11.8 Å². The van der Waals surface area contributed by atoms with E-state index < -0.39 is 0 Å². The first-order chi connectivity index (χ1) is 12.3. The highest BCUT2D eigenvalue weighted by Gasteiger charge is 2.10. The SMILES string of the molecule is CCCCCCCCCCCCSc1nnc(-c2ccccc2)n1C. The topological polar surface area (TPSA) is 30.7 Å². The Kier molecular flexibility index (Phi) is 9.71. The number of hydrogen-bond donors (Lipinski definition) is 0. The van der Waals surface area contributed by atoms with Crippen LogP contribution in [0.3, 0.4) is 0 Å². The third-order valence-corrected chi connectivity index (χ3v) is 5.70. The van der Waals surface area contributed by atoms with Crippen LogP contribution in [0, 0.1) is 0 Å². The minimum atomic E-state index is 0.950. The van der Waals surface area contributed by atoms with Crippen molar-refractivity contribution in [3.63, 3.8) is 0 Å². The number of hydrogen-bond acceptors (Lipinski definition) is 3.